The van der Waals surface area contributed by atoms with E-state index in [4.69, 9.17) is 5.73 Å². The van der Waals surface area contributed by atoms with Crippen LogP contribution in [-0.2, 0) is 19.9 Å². The van der Waals surface area contributed by atoms with E-state index in [-0.39, 0.29) is 10.6 Å². The van der Waals surface area contributed by atoms with Crippen LogP contribution < -0.4 is 10.5 Å². The van der Waals surface area contributed by atoms with E-state index in [1.54, 1.807) is 0 Å². The predicted octanol–water partition coefficient (Wildman–Crippen LogP) is 0.743. The van der Waals surface area contributed by atoms with E-state index in [0.29, 0.717) is 10.2 Å². The van der Waals surface area contributed by atoms with E-state index in [2.05, 4.69) is 20.7 Å². The van der Waals surface area contributed by atoms with Crippen LogP contribution in [0.2, 0.25) is 0 Å². The Morgan fingerprint density at radius 3 is 2.37 bits per heavy atom. The van der Waals surface area contributed by atoms with Gasteiger partial charge in [-0.05, 0) is 41.1 Å². The van der Waals surface area contributed by atoms with Gasteiger partial charge in [-0.1, -0.05) is 0 Å². The fourth-order valence-corrected chi connectivity index (χ4v) is 4.13. The summed E-state index contributed by atoms with van der Waals surface area (Å²) in [5.74, 6) is -0.266. The number of benzene rings is 1. The normalized spacial score (nSPS) is 14.3. The van der Waals surface area contributed by atoms with Crippen LogP contribution >= 0.6 is 15.9 Å². The molecule has 3 N–H and O–H groups in total. The summed E-state index contributed by atoms with van der Waals surface area (Å²) in [5.41, 5.74) is 5.91. The smallest absolute Gasteiger partial charge is 0.240 e. The van der Waals surface area contributed by atoms with E-state index in [9.17, 15) is 16.8 Å². The molecule has 0 spiro atoms. The molecule has 0 aliphatic carbocycles. The fourth-order valence-electron chi connectivity index (χ4n) is 1.51. The lowest BCUT2D eigenvalue weighted by atomic mass is 10.3. The molecule has 0 heterocycles. The summed E-state index contributed by atoms with van der Waals surface area (Å²) in [7, 11) is -7.04. The van der Waals surface area contributed by atoms with E-state index in [1.165, 1.54) is 25.1 Å². The second-order valence-electron chi connectivity index (χ2n) is 4.30. The Morgan fingerprint density at radius 2 is 1.89 bits per heavy atom. The third-order valence-corrected chi connectivity index (χ3v) is 5.60. The van der Waals surface area contributed by atoms with E-state index in [0.717, 1.165) is 6.26 Å². The van der Waals surface area contributed by atoms with Gasteiger partial charge in [0.1, 0.15) is 9.84 Å². The van der Waals surface area contributed by atoms with Crippen molar-refractivity contribution in [3.63, 3.8) is 0 Å². The summed E-state index contributed by atoms with van der Waals surface area (Å²) in [4.78, 5) is -0.00597. The van der Waals surface area contributed by atoms with Gasteiger partial charge in [-0.3, -0.25) is 0 Å². The molecule has 1 atom stereocenters. The summed E-state index contributed by atoms with van der Waals surface area (Å²) in [6.07, 6.45) is 1.05. The summed E-state index contributed by atoms with van der Waals surface area (Å²) >= 11 is 3.17. The first-order chi connectivity index (χ1) is 8.51. The Balaban J connectivity index is 2.95. The first-order valence-electron chi connectivity index (χ1n) is 5.26. The minimum absolute atomic E-state index is 0.00597. The molecule has 0 saturated heterocycles. The zero-order valence-corrected chi connectivity index (χ0v) is 13.6. The summed E-state index contributed by atoms with van der Waals surface area (Å²) < 4.78 is 49.1. The highest BCUT2D eigenvalue weighted by Gasteiger charge is 2.20. The van der Waals surface area contributed by atoms with Crippen LogP contribution in [0, 0.1) is 0 Å². The molecule has 1 aromatic carbocycles. The number of nitrogen functional groups attached to an aromatic ring is 1. The third kappa shape index (κ3) is 5.09. The van der Waals surface area contributed by atoms with Crippen molar-refractivity contribution in [1.29, 1.82) is 0 Å². The maximum absolute atomic E-state index is 12.0. The summed E-state index contributed by atoms with van der Waals surface area (Å²) in [5, 5.41) is 0. The Morgan fingerprint density at radius 1 is 1.32 bits per heavy atom. The molecule has 0 aromatic heterocycles. The van der Waals surface area contributed by atoms with Gasteiger partial charge in [0.05, 0.1) is 10.6 Å². The van der Waals surface area contributed by atoms with Crippen LogP contribution in [0.15, 0.2) is 27.6 Å². The number of halogens is 1. The van der Waals surface area contributed by atoms with Crippen molar-refractivity contribution in [1.82, 2.24) is 4.72 Å². The molecule has 0 aliphatic heterocycles. The minimum Gasteiger partial charge on any atom is -0.398 e. The molecule has 108 valence electrons. The molecular weight excluding hydrogens is 356 g/mol. The highest BCUT2D eigenvalue weighted by atomic mass is 79.9. The highest BCUT2D eigenvalue weighted by molar-refractivity contribution is 9.10. The standard InChI is InChI=1S/C10H15BrN2O4S2/c1-7(6-18(2,14)15)13-19(16,17)8-3-4-9(11)10(12)5-8/h3-5,7,13H,6,12H2,1-2H3. The molecule has 19 heavy (non-hydrogen) atoms. The van der Waals surface area contributed by atoms with Gasteiger partial charge in [-0.15, -0.1) is 0 Å². The Kier molecular flexibility index (Phi) is 4.99. The average Bonchev–Trinajstić information content (AvgIpc) is 2.17. The van der Waals surface area contributed by atoms with Crippen LogP contribution in [0.25, 0.3) is 0 Å². The van der Waals surface area contributed by atoms with Crippen LogP contribution in [0.4, 0.5) is 5.69 Å². The topological polar surface area (TPSA) is 106 Å². The van der Waals surface area contributed by atoms with Crippen molar-refractivity contribution in [2.24, 2.45) is 0 Å². The van der Waals surface area contributed by atoms with E-state index in [1.807, 2.05) is 0 Å². The molecule has 1 rings (SSSR count). The molecule has 0 bridgehead atoms. The average molecular weight is 371 g/mol. The first-order valence-corrected chi connectivity index (χ1v) is 9.60. The molecule has 0 radical (unpaired) electrons. The summed E-state index contributed by atoms with van der Waals surface area (Å²) in [6.45, 7) is 1.49. The SMILES string of the molecule is CC(CS(C)(=O)=O)NS(=O)(=O)c1ccc(Br)c(N)c1. The van der Waals surface area contributed by atoms with Crippen molar-refractivity contribution in [3.05, 3.63) is 22.7 Å². The molecule has 9 heteroatoms. The monoisotopic (exact) mass is 370 g/mol. The Hall–Kier alpha value is -0.640. The number of sulfonamides is 1. The van der Waals surface area contributed by atoms with Crippen LogP contribution in [0.5, 0.6) is 0 Å². The molecule has 0 saturated carbocycles. The van der Waals surface area contributed by atoms with Crippen LogP contribution in [0.1, 0.15) is 6.92 Å². The zero-order valence-electron chi connectivity index (χ0n) is 10.4. The number of anilines is 1. The number of hydrogen-bond acceptors (Lipinski definition) is 5. The van der Waals surface area contributed by atoms with Crippen molar-refractivity contribution >= 4 is 41.5 Å². The molecule has 6 nitrogen and oxygen atoms in total. The number of nitrogens with one attached hydrogen (secondary N) is 1. The van der Waals surface area contributed by atoms with Gasteiger partial charge in [-0.2, -0.15) is 0 Å². The maximum Gasteiger partial charge on any atom is 0.240 e. The predicted molar refractivity (Wildman–Crippen MR) is 78.0 cm³/mol. The second kappa shape index (κ2) is 5.78. The minimum atomic E-state index is -3.79. The lowest BCUT2D eigenvalue weighted by Crippen LogP contribution is -2.37. The number of rotatable bonds is 5. The van der Waals surface area contributed by atoms with Gasteiger partial charge in [0.25, 0.3) is 0 Å². The lowest BCUT2D eigenvalue weighted by molar-refractivity contribution is 0.564. The first kappa shape index (κ1) is 16.4. The Labute approximate surface area is 121 Å². The van der Waals surface area contributed by atoms with Gasteiger partial charge >= 0.3 is 0 Å². The van der Waals surface area contributed by atoms with Crippen LogP contribution in [-0.4, -0.2) is 34.9 Å². The van der Waals surface area contributed by atoms with E-state index < -0.39 is 25.9 Å². The zero-order chi connectivity index (χ0) is 14.8. The van der Waals surface area contributed by atoms with Gasteiger partial charge in [0.15, 0.2) is 0 Å². The lowest BCUT2D eigenvalue weighted by Gasteiger charge is -2.13. The number of hydrogen-bond donors (Lipinski definition) is 2. The highest BCUT2D eigenvalue weighted by Crippen LogP contribution is 2.22. The van der Waals surface area contributed by atoms with Crippen molar-refractivity contribution in [3.8, 4) is 0 Å². The van der Waals surface area contributed by atoms with Gasteiger partial charge in [0, 0.05) is 22.5 Å². The maximum atomic E-state index is 12.0. The largest absolute Gasteiger partial charge is 0.398 e. The third-order valence-electron chi connectivity index (χ3n) is 2.19. The molecule has 1 unspecified atom stereocenters. The van der Waals surface area contributed by atoms with Crippen LogP contribution in [0.3, 0.4) is 0 Å². The number of nitrogens with two attached hydrogens (primary N) is 1. The molecule has 0 aliphatic rings. The fraction of sp³-hybridized carbons (Fsp3) is 0.400. The summed E-state index contributed by atoms with van der Waals surface area (Å²) in [6, 6.07) is 3.49. The number of sulfone groups is 1. The van der Waals surface area contributed by atoms with Gasteiger partial charge < -0.3 is 5.73 Å². The molecular formula is C10H15BrN2O4S2. The second-order valence-corrected chi connectivity index (χ2v) is 9.05. The van der Waals surface area contributed by atoms with Crippen molar-refractivity contribution in [2.45, 2.75) is 17.9 Å². The van der Waals surface area contributed by atoms with Gasteiger partial charge in [-0.25, -0.2) is 21.6 Å². The molecule has 0 amide bonds. The van der Waals surface area contributed by atoms with Crippen molar-refractivity contribution in [2.75, 3.05) is 17.7 Å². The molecule has 1 aromatic rings. The van der Waals surface area contributed by atoms with Crippen molar-refractivity contribution < 1.29 is 16.8 Å². The Bertz CT molecular complexity index is 671. The molecule has 0 fully saturated rings. The van der Waals surface area contributed by atoms with Gasteiger partial charge in [0.2, 0.25) is 10.0 Å². The van der Waals surface area contributed by atoms with E-state index >= 15 is 0 Å². The quantitative estimate of drug-likeness (QED) is 0.743.